The van der Waals surface area contributed by atoms with Crippen molar-refractivity contribution in [2.24, 2.45) is 5.73 Å². The monoisotopic (exact) mass is 227 g/mol. The van der Waals surface area contributed by atoms with Crippen LogP contribution in [-0.4, -0.2) is 16.7 Å². The highest BCUT2D eigenvalue weighted by atomic mass is 15.0. The van der Waals surface area contributed by atoms with E-state index < -0.39 is 0 Å². The second kappa shape index (κ2) is 4.26. The molecule has 0 unspecified atom stereocenters. The summed E-state index contributed by atoms with van der Waals surface area (Å²) < 4.78 is 2.11. The Bertz CT molecular complexity index is 484. The average molecular weight is 227 g/mol. The van der Waals surface area contributed by atoms with E-state index in [2.05, 4.69) is 46.5 Å². The summed E-state index contributed by atoms with van der Waals surface area (Å²) in [5.41, 5.74) is 8.14. The number of rotatable bonds is 3. The lowest BCUT2D eigenvalue weighted by molar-refractivity contribution is 0.373. The Kier molecular flexibility index (Phi) is 2.61. The summed E-state index contributed by atoms with van der Waals surface area (Å²) in [5.74, 6) is 0. The molecule has 1 saturated carbocycles. The van der Waals surface area contributed by atoms with Crippen molar-refractivity contribution >= 4 is 5.69 Å². The van der Waals surface area contributed by atoms with Crippen LogP contribution in [0.3, 0.4) is 0 Å². The summed E-state index contributed by atoms with van der Waals surface area (Å²) in [6.07, 6.45) is 6.26. The number of nitrogens with two attached hydrogens (primary N) is 1. The molecule has 17 heavy (non-hydrogen) atoms. The molecular weight excluding hydrogens is 210 g/mol. The molecule has 0 bridgehead atoms. The van der Waals surface area contributed by atoms with Crippen molar-refractivity contribution in [1.82, 2.24) is 4.57 Å². The van der Waals surface area contributed by atoms with E-state index in [1.54, 1.807) is 0 Å². The van der Waals surface area contributed by atoms with Crippen LogP contribution in [0, 0.1) is 0 Å². The van der Waals surface area contributed by atoms with Crippen LogP contribution in [0.25, 0.3) is 5.69 Å². The molecule has 3 N–H and O–H groups in total. The van der Waals surface area contributed by atoms with Crippen molar-refractivity contribution in [1.29, 1.82) is 0 Å². The Morgan fingerprint density at radius 3 is 2.59 bits per heavy atom. The van der Waals surface area contributed by atoms with Crippen LogP contribution in [0.5, 0.6) is 0 Å². The molecule has 0 atom stereocenters. The fourth-order valence-corrected chi connectivity index (χ4v) is 2.28. The van der Waals surface area contributed by atoms with E-state index in [0.29, 0.717) is 12.1 Å². The Morgan fingerprint density at radius 2 is 1.88 bits per heavy atom. The highest BCUT2D eigenvalue weighted by Gasteiger charge is 2.25. The van der Waals surface area contributed by atoms with Gasteiger partial charge in [0.1, 0.15) is 0 Å². The van der Waals surface area contributed by atoms with Gasteiger partial charge in [0.05, 0.1) is 0 Å². The van der Waals surface area contributed by atoms with Crippen molar-refractivity contribution in [2.75, 3.05) is 5.32 Å². The van der Waals surface area contributed by atoms with Crippen molar-refractivity contribution in [3.05, 3.63) is 48.8 Å². The molecule has 0 radical (unpaired) electrons. The Morgan fingerprint density at radius 1 is 1.12 bits per heavy atom. The predicted octanol–water partition coefficient (Wildman–Crippen LogP) is 2.38. The lowest BCUT2D eigenvalue weighted by Crippen LogP contribution is -2.44. The molecule has 0 amide bonds. The zero-order chi connectivity index (χ0) is 11.7. The van der Waals surface area contributed by atoms with E-state index in [1.165, 1.54) is 11.4 Å². The fourth-order valence-electron chi connectivity index (χ4n) is 2.28. The third-order valence-corrected chi connectivity index (χ3v) is 3.29. The predicted molar refractivity (Wildman–Crippen MR) is 70.4 cm³/mol. The van der Waals surface area contributed by atoms with Gasteiger partial charge in [0, 0.05) is 35.9 Å². The number of nitrogens with zero attached hydrogens (tertiary/aromatic N) is 1. The zero-order valence-corrected chi connectivity index (χ0v) is 9.71. The van der Waals surface area contributed by atoms with E-state index in [-0.39, 0.29) is 0 Å². The largest absolute Gasteiger partial charge is 0.382 e. The highest BCUT2D eigenvalue weighted by molar-refractivity contribution is 5.52. The molecule has 0 aliphatic heterocycles. The van der Waals surface area contributed by atoms with Gasteiger partial charge in [-0.05, 0) is 43.2 Å². The second-order valence-corrected chi connectivity index (χ2v) is 4.71. The molecule has 3 nitrogen and oxygen atoms in total. The number of benzene rings is 1. The zero-order valence-electron chi connectivity index (χ0n) is 9.71. The van der Waals surface area contributed by atoms with Crippen LogP contribution in [-0.2, 0) is 0 Å². The summed E-state index contributed by atoms with van der Waals surface area (Å²) in [6.45, 7) is 0. The van der Waals surface area contributed by atoms with Gasteiger partial charge in [0.25, 0.3) is 0 Å². The van der Waals surface area contributed by atoms with Crippen LogP contribution in [0.1, 0.15) is 12.8 Å². The molecule has 2 aromatic rings. The van der Waals surface area contributed by atoms with Gasteiger partial charge < -0.3 is 15.6 Å². The standard InChI is InChI=1S/C14H17N3/c15-11-8-13(9-11)16-12-4-3-5-14(10-12)17-6-1-2-7-17/h1-7,10-11,13,16H,8-9,15H2. The van der Waals surface area contributed by atoms with Crippen LogP contribution < -0.4 is 11.1 Å². The van der Waals surface area contributed by atoms with Crippen LogP contribution in [0.15, 0.2) is 48.8 Å². The van der Waals surface area contributed by atoms with Gasteiger partial charge in [-0.1, -0.05) is 6.07 Å². The van der Waals surface area contributed by atoms with E-state index >= 15 is 0 Å². The molecule has 1 aromatic carbocycles. The molecule has 3 rings (SSSR count). The average Bonchev–Trinajstić information content (AvgIpc) is 2.81. The second-order valence-electron chi connectivity index (χ2n) is 4.71. The number of anilines is 1. The number of nitrogens with one attached hydrogen (secondary N) is 1. The van der Waals surface area contributed by atoms with Gasteiger partial charge in [-0.15, -0.1) is 0 Å². The summed E-state index contributed by atoms with van der Waals surface area (Å²) in [7, 11) is 0. The minimum Gasteiger partial charge on any atom is -0.382 e. The molecule has 1 aliphatic rings. The first-order valence-electron chi connectivity index (χ1n) is 6.07. The minimum atomic E-state index is 0.389. The number of hydrogen-bond donors (Lipinski definition) is 2. The maximum absolute atomic E-state index is 5.79. The van der Waals surface area contributed by atoms with E-state index in [9.17, 15) is 0 Å². The van der Waals surface area contributed by atoms with Crippen molar-refractivity contribution in [2.45, 2.75) is 24.9 Å². The topological polar surface area (TPSA) is 43.0 Å². The smallest absolute Gasteiger partial charge is 0.0469 e. The molecule has 1 aliphatic carbocycles. The summed E-state index contributed by atoms with van der Waals surface area (Å²) in [5, 5.41) is 3.52. The lowest BCUT2D eigenvalue weighted by atomic mass is 9.87. The van der Waals surface area contributed by atoms with Gasteiger partial charge in [-0.2, -0.15) is 0 Å². The first-order chi connectivity index (χ1) is 8.31. The highest BCUT2D eigenvalue weighted by Crippen LogP contribution is 2.23. The van der Waals surface area contributed by atoms with Crippen LogP contribution in [0.2, 0.25) is 0 Å². The Labute approximate surface area is 101 Å². The maximum Gasteiger partial charge on any atom is 0.0469 e. The first-order valence-corrected chi connectivity index (χ1v) is 6.07. The first kappa shape index (κ1) is 10.4. The van der Waals surface area contributed by atoms with E-state index in [0.717, 1.165) is 12.8 Å². The Balaban J connectivity index is 1.75. The van der Waals surface area contributed by atoms with Crippen molar-refractivity contribution < 1.29 is 0 Å². The van der Waals surface area contributed by atoms with Crippen molar-refractivity contribution in [3.63, 3.8) is 0 Å². The van der Waals surface area contributed by atoms with E-state index in [4.69, 9.17) is 5.73 Å². The summed E-state index contributed by atoms with van der Waals surface area (Å²) in [4.78, 5) is 0. The lowest BCUT2D eigenvalue weighted by Gasteiger charge is -2.33. The van der Waals surface area contributed by atoms with E-state index in [1.807, 2.05) is 12.1 Å². The minimum absolute atomic E-state index is 0.389. The SMILES string of the molecule is NC1CC(Nc2cccc(-n3cccc3)c2)C1. The Hall–Kier alpha value is -1.74. The normalized spacial score (nSPS) is 23.1. The molecular formula is C14H17N3. The molecule has 1 fully saturated rings. The molecule has 0 spiro atoms. The quantitative estimate of drug-likeness (QED) is 0.845. The van der Waals surface area contributed by atoms with Gasteiger partial charge in [0.2, 0.25) is 0 Å². The number of aromatic nitrogens is 1. The van der Waals surface area contributed by atoms with Gasteiger partial charge >= 0.3 is 0 Å². The van der Waals surface area contributed by atoms with Gasteiger partial charge in [-0.25, -0.2) is 0 Å². The fraction of sp³-hybridized carbons (Fsp3) is 0.286. The van der Waals surface area contributed by atoms with Crippen molar-refractivity contribution in [3.8, 4) is 5.69 Å². The van der Waals surface area contributed by atoms with Crippen LogP contribution >= 0.6 is 0 Å². The molecule has 3 heteroatoms. The summed E-state index contributed by atoms with van der Waals surface area (Å²) >= 11 is 0. The summed E-state index contributed by atoms with van der Waals surface area (Å²) in [6, 6.07) is 13.5. The molecule has 88 valence electrons. The van der Waals surface area contributed by atoms with Gasteiger partial charge in [-0.3, -0.25) is 0 Å². The molecule has 0 saturated heterocycles. The third-order valence-electron chi connectivity index (χ3n) is 3.29. The molecule has 1 aromatic heterocycles. The number of hydrogen-bond acceptors (Lipinski definition) is 2. The maximum atomic E-state index is 5.79. The molecule has 1 heterocycles. The van der Waals surface area contributed by atoms with Gasteiger partial charge in [0.15, 0.2) is 0 Å². The third kappa shape index (κ3) is 2.19. The van der Waals surface area contributed by atoms with Crippen LogP contribution in [0.4, 0.5) is 5.69 Å².